The molecule has 2 nitrogen and oxygen atoms in total. The van der Waals surface area contributed by atoms with Crippen molar-refractivity contribution in [3.63, 3.8) is 0 Å². The van der Waals surface area contributed by atoms with Crippen molar-refractivity contribution in [3.8, 4) is 0 Å². The fourth-order valence-electron chi connectivity index (χ4n) is 1.06. The summed E-state index contributed by atoms with van der Waals surface area (Å²) in [6.45, 7) is 2.13. The highest BCUT2D eigenvalue weighted by Gasteiger charge is 1.89. The number of hydrogen-bond donors (Lipinski definition) is 0. The zero-order valence-corrected chi connectivity index (χ0v) is 9.16. The average Bonchev–Trinajstić information content (AvgIpc) is 2.21. The van der Waals surface area contributed by atoms with Crippen molar-refractivity contribution in [1.82, 2.24) is 0 Å². The summed E-state index contributed by atoms with van der Waals surface area (Å²) in [4.78, 5) is 10.7. The van der Waals surface area contributed by atoms with Gasteiger partial charge in [0.25, 0.3) is 0 Å². The SMILES string of the molecule is CCC=CCCCCC=CC(=O)OC. The lowest BCUT2D eigenvalue weighted by atomic mass is 10.2. The molecule has 0 atom stereocenters. The monoisotopic (exact) mass is 196 g/mol. The molecule has 0 spiro atoms. The van der Waals surface area contributed by atoms with Crippen LogP contribution in [0.4, 0.5) is 0 Å². The molecule has 2 heteroatoms. The van der Waals surface area contributed by atoms with Crippen molar-refractivity contribution in [2.45, 2.75) is 39.0 Å². The second-order valence-electron chi connectivity index (χ2n) is 3.09. The third-order valence-electron chi connectivity index (χ3n) is 1.85. The maximum Gasteiger partial charge on any atom is 0.330 e. The molecule has 0 aliphatic heterocycles. The number of allylic oxidation sites excluding steroid dienone is 3. The topological polar surface area (TPSA) is 26.3 Å². The summed E-state index contributed by atoms with van der Waals surface area (Å²) < 4.78 is 4.47. The Kier molecular flexibility index (Phi) is 9.28. The molecule has 0 saturated heterocycles. The van der Waals surface area contributed by atoms with Gasteiger partial charge in [-0.25, -0.2) is 4.79 Å². The normalized spacial score (nSPS) is 11.3. The molecule has 14 heavy (non-hydrogen) atoms. The molecule has 0 aromatic heterocycles. The Morgan fingerprint density at radius 1 is 1.14 bits per heavy atom. The predicted molar refractivity (Wildman–Crippen MR) is 59.1 cm³/mol. The molecular weight excluding hydrogens is 176 g/mol. The molecule has 0 bridgehead atoms. The summed E-state index contributed by atoms with van der Waals surface area (Å²) in [5, 5.41) is 0. The fourth-order valence-corrected chi connectivity index (χ4v) is 1.06. The highest BCUT2D eigenvalue weighted by atomic mass is 16.5. The van der Waals surface area contributed by atoms with E-state index in [4.69, 9.17) is 0 Å². The molecule has 0 fully saturated rings. The summed E-state index contributed by atoms with van der Waals surface area (Å²) in [5.41, 5.74) is 0. The summed E-state index contributed by atoms with van der Waals surface area (Å²) >= 11 is 0. The lowest BCUT2D eigenvalue weighted by Crippen LogP contribution is -1.93. The van der Waals surface area contributed by atoms with Crippen LogP contribution in [-0.4, -0.2) is 13.1 Å². The number of carbonyl (C=O) groups excluding carboxylic acids is 1. The zero-order valence-electron chi connectivity index (χ0n) is 9.16. The zero-order chi connectivity index (χ0) is 10.6. The van der Waals surface area contributed by atoms with Crippen LogP contribution in [-0.2, 0) is 9.53 Å². The van der Waals surface area contributed by atoms with Crippen LogP contribution < -0.4 is 0 Å². The van der Waals surface area contributed by atoms with Gasteiger partial charge < -0.3 is 4.74 Å². The lowest BCUT2D eigenvalue weighted by molar-refractivity contribution is -0.134. The van der Waals surface area contributed by atoms with E-state index >= 15 is 0 Å². The van der Waals surface area contributed by atoms with E-state index in [2.05, 4.69) is 23.8 Å². The Hall–Kier alpha value is -1.05. The third-order valence-corrected chi connectivity index (χ3v) is 1.85. The van der Waals surface area contributed by atoms with Crippen LogP contribution in [0, 0.1) is 0 Å². The Balaban J connectivity index is 3.25. The minimum Gasteiger partial charge on any atom is -0.466 e. The maximum absolute atomic E-state index is 10.7. The smallest absolute Gasteiger partial charge is 0.330 e. The van der Waals surface area contributed by atoms with Crippen LogP contribution in [0.2, 0.25) is 0 Å². The average molecular weight is 196 g/mol. The number of esters is 1. The molecule has 0 aliphatic carbocycles. The van der Waals surface area contributed by atoms with E-state index in [1.807, 2.05) is 6.08 Å². The van der Waals surface area contributed by atoms with E-state index in [-0.39, 0.29) is 5.97 Å². The number of unbranched alkanes of at least 4 members (excludes halogenated alkanes) is 3. The molecule has 0 aromatic rings. The molecule has 0 amide bonds. The Morgan fingerprint density at radius 2 is 1.79 bits per heavy atom. The number of hydrogen-bond acceptors (Lipinski definition) is 2. The van der Waals surface area contributed by atoms with Gasteiger partial charge in [0.1, 0.15) is 0 Å². The van der Waals surface area contributed by atoms with E-state index in [0.717, 1.165) is 25.7 Å². The maximum atomic E-state index is 10.7. The van der Waals surface area contributed by atoms with E-state index < -0.39 is 0 Å². The van der Waals surface area contributed by atoms with Crippen molar-refractivity contribution < 1.29 is 9.53 Å². The van der Waals surface area contributed by atoms with Crippen LogP contribution in [0.25, 0.3) is 0 Å². The number of ether oxygens (including phenoxy) is 1. The van der Waals surface area contributed by atoms with E-state index in [9.17, 15) is 4.79 Å². The van der Waals surface area contributed by atoms with Crippen LogP contribution in [0.15, 0.2) is 24.3 Å². The Labute approximate surface area is 86.6 Å². The first-order valence-electron chi connectivity index (χ1n) is 5.20. The fraction of sp³-hybridized carbons (Fsp3) is 0.583. The van der Waals surface area contributed by atoms with Crippen LogP contribution in [0.5, 0.6) is 0 Å². The van der Waals surface area contributed by atoms with Gasteiger partial charge in [0.15, 0.2) is 0 Å². The molecule has 80 valence electrons. The van der Waals surface area contributed by atoms with Crippen LogP contribution in [0.3, 0.4) is 0 Å². The molecular formula is C12H20O2. The van der Waals surface area contributed by atoms with Gasteiger partial charge in [-0.1, -0.05) is 25.2 Å². The molecule has 0 heterocycles. The first kappa shape index (κ1) is 12.9. The number of carbonyl (C=O) groups is 1. The Bertz CT molecular complexity index is 192. The van der Waals surface area contributed by atoms with Gasteiger partial charge in [-0.2, -0.15) is 0 Å². The van der Waals surface area contributed by atoms with Gasteiger partial charge in [0.2, 0.25) is 0 Å². The molecule has 0 radical (unpaired) electrons. The summed E-state index contributed by atoms with van der Waals surface area (Å²) in [6.07, 6.45) is 13.3. The molecule has 0 unspecified atom stereocenters. The molecule has 0 saturated carbocycles. The van der Waals surface area contributed by atoms with Crippen molar-refractivity contribution in [3.05, 3.63) is 24.3 Å². The van der Waals surface area contributed by atoms with E-state index in [1.54, 1.807) is 0 Å². The minimum absolute atomic E-state index is 0.268. The minimum atomic E-state index is -0.268. The van der Waals surface area contributed by atoms with E-state index in [0.29, 0.717) is 0 Å². The van der Waals surface area contributed by atoms with Crippen LogP contribution >= 0.6 is 0 Å². The largest absolute Gasteiger partial charge is 0.466 e. The van der Waals surface area contributed by atoms with Crippen molar-refractivity contribution in [2.75, 3.05) is 7.11 Å². The summed E-state index contributed by atoms with van der Waals surface area (Å²) in [7, 11) is 1.39. The molecule has 0 N–H and O–H groups in total. The van der Waals surface area contributed by atoms with Crippen molar-refractivity contribution >= 4 is 5.97 Å². The number of methoxy groups -OCH3 is 1. The summed E-state index contributed by atoms with van der Waals surface area (Å²) in [5.74, 6) is -0.268. The lowest BCUT2D eigenvalue weighted by Gasteiger charge is -1.93. The highest BCUT2D eigenvalue weighted by Crippen LogP contribution is 2.02. The standard InChI is InChI=1S/C12H20O2/c1-3-4-5-6-7-8-9-10-11-12(13)14-2/h4-5,10-11H,3,6-9H2,1-2H3. The molecule has 0 aromatic carbocycles. The van der Waals surface area contributed by atoms with Gasteiger partial charge >= 0.3 is 5.97 Å². The first-order valence-corrected chi connectivity index (χ1v) is 5.20. The predicted octanol–water partition coefficient (Wildman–Crippen LogP) is 3.24. The molecule has 0 rings (SSSR count). The van der Waals surface area contributed by atoms with Gasteiger partial charge in [0, 0.05) is 6.08 Å². The molecule has 0 aliphatic rings. The van der Waals surface area contributed by atoms with Gasteiger partial charge in [-0.15, -0.1) is 0 Å². The second kappa shape index (κ2) is 10.0. The van der Waals surface area contributed by atoms with Gasteiger partial charge in [0.05, 0.1) is 7.11 Å². The highest BCUT2D eigenvalue weighted by molar-refractivity contribution is 5.81. The number of rotatable bonds is 7. The quantitative estimate of drug-likeness (QED) is 0.270. The Morgan fingerprint density at radius 3 is 2.36 bits per heavy atom. The van der Waals surface area contributed by atoms with Gasteiger partial charge in [-0.05, 0) is 32.1 Å². The third kappa shape index (κ3) is 9.04. The second-order valence-corrected chi connectivity index (χ2v) is 3.09. The van der Waals surface area contributed by atoms with E-state index in [1.165, 1.54) is 19.6 Å². The van der Waals surface area contributed by atoms with Crippen molar-refractivity contribution in [2.24, 2.45) is 0 Å². The summed E-state index contributed by atoms with van der Waals surface area (Å²) in [6, 6.07) is 0. The first-order chi connectivity index (χ1) is 6.81. The van der Waals surface area contributed by atoms with Crippen LogP contribution in [0.1, 0.15) is 39.0 Å². The van der Waals surface area contributed by atoms with Gasteiger partial charge in [-0.3, -0.25) is 0 Å². The van der Waals surface area contributed by atoms with Crippen molar-refractivity contribution in [1.29, 1.82) is 0 Å².